The van der Waals surface area contributed by atoms with Gasteiger partial charge < -0.3 is 14.9 Å². The van der Waals surface area contributed by atoms with Crippen LogP contribution in [0.3, 0.4) is 0 Å². The molecule has 0 fully saturated rings. The predicted molar refractivity (Wildman–Crippen MR) is 49.9 cm³/mol. The van der Waals surface area contributed by atoms with Crippen LogP contribution >= 0.6 is 0 Å². The summed E-state index contributed by atoms with van der Waals surface area (Å²) in [5.41, 5.74) is 0.400. The minimum atomic E-state index is -0.843. The topological polar surface area (TPSA) is 43.8 Å². The third-order valence-electron chi connectivity index (χ3n) is 2.45. The number of aliphatic carboxylic acids is 1. The van der Waals surface area contributed by atoms with E-state index in [1.807, 2.05) is 30.6 Å². The first kappa shape index (κ1) is 9.89. The summed E-state index contributed by atoms with van der Waals surface area (Å²) in [7, 11) is 0. The number of carboxylic acid groups (broad SMARTS) is 1. The van der Waals surface area contributed by atoms with E-state index >= 15 is 0 Å². The Hall–Kier alpha value is -1.19. The first-order valence-corrected chi connectivity index (χ1v) is 4.59. The van der Waals surface area contributed by atoms with Gasteiger partial charge in [-0.2, -0.15) is 0 Å². The lowest BCUT2D eigenvalue weighted by atomic mass is 10.4. The van der Waals surface area contributed by atoms with Crippen molar-refractivity contribution in [3.8, 4) is 0 Å². The maximum Gasteiger partial charge on any atom is 0.353 e. The van der Waals surface area contributed by atoms with Crippen LogP contribution in [0.5, 0.6) is 0 Å². The highest BCUT2D eigenvalue weighted by Crippen LogP contribution is 2.21. The molecule has 0 spiro atoms. The monoisotopic (exact) mass is 184 g/mol. The largest absolute Gasteiger partial charge is 0.477 e. The smallest absolute Gasteiger partial charge is 0.353 e. The molecule has 1 aliphatic heterocycles. The number of carbonyl (C=O) groups is 1. The fraction of sp³-hybridized carbons (Fsp3) is 0.667. The Morgan fingerprint density at radius 2 is 2.15 bits per heavy atom. The second kappa shape index (κ2) is 3.68. The second-order valence-electron chi connectivity index (χ2n) is 3.07. The van der Waals surface area contributed by atoms with Gasteiger partial charge in [-0.3, -0.25) is 0 Å². The molecule has 1 heterocycles. The van der Waals surface area contributed by atoms with E-state index in [1.54, 1.807) is 6.20 Å². The fourth-order valence-electron chi connectivity index (χ4n) is 1.69. The molecule has 4 heteroatoms. The quantitative estimate of drug-likeness (QED) is 0.708. The Labute approximate surface area is 78.4 Å². The number of nitrogens with zero attached hydrogens (tertiary/aromatic N) is 2. The first-order chi connectivity index (χ1) is 6.11. The summed E-state index contributed by atoms with van der Waals surface area (Å²) in [6.45, 7) is 7.57. The minimum Gasteiger partial charge on any atom is -0.477 e. The van der Waals surface area contributed by atoms with Gasteiger partial charge in [-0.15, -0.1) is 0 Å². The van der Waals surface area contributed by atoms with Gasteiger partial charge in [0, 0.05) is 19.3 Å². The molecular formula is C9H16N2O2. The fourth-order valence-corrected chi connectivity index (χ4v) is 1.69. The van der Waals surface area contributed by atoms with Gasteiger partial charge in [-0.1, -0.05) is 0 Å². The maximum atomic E-state index is 10.8. The standard InChI is InChI=1S/C9H16N2O2/c1-4-10-6-8(9(12)13)11(5-2)7(10)3/h6-7H,4-5H2,1-3H3,(H,12,13). The van der Waals surface area contributed by atoms with Crippen molar-refractivity contribution < 1.29 is 9.90 Å². The van der Waals surface area contributed by atoms with Gasteiger partial charge >= 0.3 is 5.97 Å². The van der Waals surface area contributed by atoms with Crippen molar-refractivity contribution in [3.63, 3.8) is 0 Å². The molecule has 1 N–H and O–H groups in total. The normalized spacial score (nSPS) is 22.1. The molecule has 0 saturated heterocycles. The van der Waals surface area contributed by atoms with Gasteiger partial charge in [0.05, 0.1) is 6.17 Å². The number of likely N-dealkylation sites (N-methyl/N-ethyl adjacent to an activating group) is 1. The van der Waals surface area contributed by atoms with Crippen molar-refractivity contribution in [1.82, 2.24) is 9.80 Å². The third-order valence-corrected chi connectivity index (χ3v) is 2.45. The van der Waals surface area contributed by atoms with Crippen LogP contribution in [0.15, 0.2) is 11.9 Å². The van der Waals surface area contributed by atoms with Crippen LogP contribution in [0.25, 0.3) is 0 Å². The number of carboxylic acids is 1. The van der Waals surface area contributed by atoms with Crippen molar-refractivity contribution in [2.75, 3.05) is 13.1 Å². The lowest BCUT2D eigenvalue weighted by molar-refractivity contribution is -0.134. The summed E-state index contributed by atoms with van der Waals surface area (Å²) in [5, 5.41) is 8.91. The molecule has 4 nitrogen and oxygen atoms in total. The molecule has 0 aromatic heterocycles. The molecular weight excluding hydrogens is 168 g/mol. The van der Waals surface area contributed by atoms with Gasteiger partial charge in [-0.25, -0.2) is 4.79 Å². The molecule has 0 radical (unpaired) electrons. The van der Waals surface area contributed by atoms with Gasteiger partial charge in [0.1, 0.15) is 5.70 Å². The molecule has 0 amide bonds. The van der Waals surface area contributed by atoms with E-state index in [2.05, 4.69) is 0 Å². The highest BCUT2D eigenvalue weighted by molar-refractivity contribution is 5.86. The van der Waals surface area contributed by atoms with Crippen LogP contribution in [0.2, 0.25) is 0 Å². The second-order valence-corrected chi connectivity index (χ2v) is 3.07. The van der Waals surface area contributed by atoms with Crippen LogP contribution in [-0.2, 0) is 4.79 Å². The number of rotatable bonds is 3. The molecule has 0 bridgehead atoms. The van der Waals surface area contributed by atoms with Crippen molar-refractivity contribution >= 4 is 5.97 Å². The van der Waals surface area contributed by atoms with E-state index in [0.717, 1.165) is 13.1 Å². The van der Waals surface area contributed by atoms with Gasteiger partial charge in [0.25, 0.3) is 0 Å². The minimum absolute atomic E-state index is 0.168. The molecule has 1 atom stereocenters. The summed E-state index contributed by atoms with van der Waals surface area (Å²) >= 11 is 0. The van der Waals surface area contributed by atoms with Crippen LogP contribution in [0.4, 0.5) is 0 Å². The number of hydrogen-bond donors (Lipinski definition) is 1. The van der Waals surface area contributed by atoms with Crippen molar-refractivity contribution in [2.24, 2.45) is 0 Å². The van der Waals surface area contributed by atoms with Crippen LogP contribution in [0, 0.1) is 0 Å². The molecule has 1 aliphatic rings. The van der Waals surface area contributed by atoms with Gasteiger partial charge in [0.2, 0.25) is 0 Å². The molecule has 0 aromatic rings. The van der Waals surface area contributed by atoms with Crippen molar-refractivity contribution in [1.29, 1.82) is 0 Å². The van der Waals surface area contributed by atoms with Gasteiger partial charge in [-0.05, 0) is 20.8 Å². The Morgan fingerprint density at radius 3 is 2.46 bits per heavy atom. The highest BCUT2D eigenvalue weighted by atomic mass is 16.4. The number of hydrogen-bond acceptors (Lipinski definition) is 3. The molecule has 0 saturated carbocycles. The zero-order valence-corrected chi connectivity index (χ0v) is 8.32. The summed E-state index contributed by atoms with van der Waals surface area (Å²) in [6.07, 6.45) is 1.89. The molecule has 0 aromatic carbocycles. The molecule has 74 valence electrons. The van der Waals surface area contributed by atoms with Crippen molar-refractivity contribution in [2.45, 2.75) is 26.9 Å². The summed E-state index contributed by atoms with van der Waals surface area (Å²) in [6, 6.07) is 0. The maximum absolute atomic E-state index is 10.8. The Morgan fingerprint density at radius 1 is 1.54 bits per heavy atom. The van der Waals surface area contributed by atoms with E-state index < -0.39 is 5.97 Å². The average molecular weight is 184 g/mol. The summed E-state index contributed by atoms with van der Waals surface area (Å²) in [4.78, 5) is 14.7. The molecule has 0 aliphatic carbocycles. The highest BCUT2D eigenvalue weighted by Gasteiger charge is 2.29. The zero-order valence-electron chi connectivity index (χ0n) is 8.32. The van der Waals surface area contributed by atoms with E-state index in [1.165, 1.54) is 0 Å². The summed E-state index contributed by atoms with van der Waals surface area (Å²) < 4.78 is 0. The van der Waals surface area contributed by atoms with E-state index in [4.69, 9.17) is 5.11 Å². The van der Waals surface area contributed by atoms with E-state index in [9.17, 15) is 4.79 Å². The Bertz CT molecular complexity index is 238. The molecule has 1 rings (SSSR count). The lowest BCUT2D eigenvalue weighted by Gasteiger charge is -2.28. The van der Waals surface area contributed by atoms with Gasteiger partial charge in [0.15, 0.2) is 0 Å². The van der Waals surface area contributed by atoms with Crippen LogP contribution < -0.4 is 0 Å². The van der Waals surface area contributed by atoms with Crippen LogP contribution in [-0.4, -0.2) is 40.1 Å². The SMILES string of the molecule is CCN1C=C(C(=O)O)N(CC)C1C. The van der Waals surface area contributed by atoms with E-state index in [0.29, 0.717) is 5.70 Å². The molecule has 13 heavy (non-hydrogen) atoms. The molecule has 1 unspecified atom stereocenters. The predicted octanol–water partition coefficient (Wildman–Crippen LogP) is 0.916. The lowest BCUT2D eigenvalue weighted by Crippen LogP contribution is -2.38. The Balaban J connectivity index is 2.86. The first-order valence-electron chi connectivity index (χ1n) is 4.59. The Kier molecular flexibility index (Phi) is 2.80. The summed E-state index contributed by atoms with van der Waals surface area (Å²) in [5.74, 6) is -0.843. The third kappa shape index (κ3) is 1.61. The van der Waals surface area contributed by atoms with Crippen LogP contribution in [0.1, 0.15) is 20.8 Å². The zero-order chi connectivity index (χ0) is 10.0. The van der Waals surface area contributed by atoms with Crippen molar-refractivity contribution in [3.05, 3.63) is 11.9 Å². The van der Waals surface area contributed by atoms with E-state index in [-0.39, 0.29) is 6.17 Å². The average Bonchev–Trinajstić information content (AvgIpc) is 2.42.